The highest BCUT2D eigenvalue weighted by molar-refractivity contribution is 6.05. The van der Waals surface area contributed by atoms with Crippen molar-refractivity contribution >= 4 is 29.5 Å². The summed E-state index contributed by atoms with van der Waals surface area (Å²) in [7, 11) is 1.71. The number of unbranched alkanes of at least 4 members (excludes halogenated alkanes) is 1. The van der Waals surface area contributed by atoms with Crippen LogP contribution in [0.5, 0.6) is 0 Å². The number of nitrogens with one attached hydrogen (secondary N) is 3. The molecule has 1 aliphatic heterocycles. The van der Waals surface area contributed by atoms with Crippen LogP contribution in [0.25, 0.3) is 0 Å². The lowest BCUT2D eigenvalue weighted by Crippen LogP contribution is -2.64. The number of carbonyl (C=O) groups is 5. The van der Waals surface area contributed by atoms with Gasteiger partial charge in [0.05, 0.1) is 17.6 Å². The van der Waals surface area contributed by atoms with E-state index in [0.717, 1.165) is 48.1 Å². The molecule has 1 saturated carbocycles. The zero-order valence-corrected chi connectivity index (χ0v) is 35.2. The minimum absolute atomic E-state index is 0.0743. The first-order valence-electron chi connectivity index (χ1n) is 21.9. The first-order valence-corrected chi connectivity index (χ1v) is 21.9. The second-order valence-electron chi connectivity index (χ2n) is 16.7. The fraction of sp³-hybridized carbons (Fsp3) is 0.553. The monoisotopic (exact) mass is 810 g/mol. The third-order valence-corrected chi connectivity index (χ3v) is 12.5. The SMILES string of the molecule is CC[C@]1(NC(=O)[C@H](Cc2ccccc2)N(C(=O)[C@H](N)CC2CCCCC2)C(=O)[C@@H]2CCCN2C(=O)[C@H](CCCCN)NC(=O)[C@H](Cc2ccccc2)NC)C=CC=CC1. The van der Waals surface area contributed by atoms with Crippen molar-refractivity contribution in [1.29, 1.82) is 0 Å². The van der Waals surface area contributed by atoms with Crippen LogP contribution in [0, 0.1) is 5.92 Å². The van der Waals surface area contributed by atoms with Crippen LogP contribution in [0.2, 0.25) is 0 Å². The summed E-state index contributed by atoms with van der Waals surface area (Å²) in [5, 5.41) is 9.33. The summed E-state index contributed by atoms with van der Waals surface area (Å²) in [4.78, 5) is 76.0. The highest BCUT2D eigenvalue weighted by atomic mass is 16.2. The predicted octanol–water partition coefficient (Wildman–Crippen LogP) is 4.47. The summed E-state index contributed by atoms with van der Waals surface area (Å²) in [6, 6.07) is 14.2. The third kappa shape index (κ3) is 12.4. The summed E-state index contributed by atoms with van der Waals surface area (Å²) in [6.07, 6.45) is 17.5. The number of likely N-dealkylation sites (tertiary alicyclic amines) is 1. The van der Waals surface area contributed by atoms with Crippen molar-refractivity contribution in [3.63, 3.8) is 0 Å². The number of benzene rings is 2. The minimum atomic E-state index is -1.23. The standard InChI is InChI=1S/C47H67N7O5/c1-3-47(27-15-7-16-28-47)52-43(56)41(33-36-23-12-6-13-24-36)54(44(57)37(49)31-34-19-8-4-9-20-34)46(59)40-26-18-30-53(40)45(58)38(25-14-17-29-48)51-42(55)39(50-2)32-35-21-10-5-11-22-35/h5-7,10-13,15-16,21-24,27,34,37-41,50H,3-4,8-9,14,17-20,25-26,28-33,48-49H2,1-2H3,(H,51,55)(H,52,56)/t37-,38+,39+,40+,41+,47+/m1/s1. The Bertz CT molecular complexity index is 1750. The van der Waals surface area contributed by atoms with Crippen LogP contribution >= 0.6 is 0 Å². The van der Waals surface area contributed by atoms with Gasteiger partial charge in [0, 0.05) is 13.0 Å². The molecule has 0 unspecified atom stereocenters. The molecule has 59 heavy (non-hydrogen) atoms. The molecule has 2 fully saturated rings. The molecule has 1 heterocycles. The topological polar surface area (TPSA) is 180 Å². The van der Waals surface area contributed by atoms with E-state index in [-0.39, 0.29) is 24.8 Å². The lowest BCUT2D eigenvalue weighted by Gasteiger charge is -2.39. The number of nitrogens with zero attached hydrogens (tertiary/aromatic N) is 2. The number of imide groups is 1. The molecule has 2 aromatic rings. The second-order valence-corrected chi connectivity index (χ2v) is 16.7. The third-order valence-electron chi connectivity index (χ3n) is 12.5. The van der Waals surface area contributed by atoms with Crippen LogP contribution in [-0.4, -0.2) is 95.2 Å². The summed E-state index contributed by atoms with van der Waals surface area (Å²) in [5.41, 5.74) is 13.7. The maximum atomic E-state index is 15.3. The Morgan fingerprint density at radius 1 is 0.847 bits per heavy atom. The van der Waals surface area contributed by atoms with E-state index < -0.39 is 59.4 Å². The molecule has 1 saturated heterocycles. The van der Waals surface area contributed by atoms with E-state index in [2.05, 4.69) is 16.0 Å². The van der Waals surface area contributed by atoms with E-state index in [9.17, 15) is 19.2 Å². The van der Waals surface area contributed by atoms with E-state index in [1.807, 2.05) is 91.9 Å². The smallest absolute Gasteiger partial charge is 0.252 e. The van der Waals surface area contributed by atoms with Crippen molar-refractivity contribution < 1.29 is 24.0 Å². The summed E-state index contributed by atoms with van der Waals surface area (Å²) in [5.74, 6) is -2.16. The van der Waals surface area contributed by atoms with E-state index in [1.165, 1.54) is 4.90 Å². The first kappa shape index (κ1) is 45.4. The van der Waals surface area contributed by atoms with Crippen LogP contribution in [0.4, 0.5) is 0 Å². The van der Waals surface area contributed by atoms with Crippen LogP contribution in [-0.2, 0) is 36.8 Å². The summed E-state index contributed by atoms with van der Waals surface area (Å²) in [6.45, 7) is 2.69. The maximum Gasteiger partial charge on any atom is 0.252 e. The molecule has 0 aromatic heterocycles. The number of amides is 5. The number of nitrogens with two attached hydrogens (primary N) is 2. The largest absolute Gasteiger partial charge is 0.345 e. The van der Waals surface area contributed by atoms with E-state index in [4.69, 9.17) is 11.5 Å². The number of rotatable bonds is 20. The molecular weight excluding hydrogens is 743 g/mol. The molecule has 320 valence electrons. The van der Waals surface area contributed by atoms with Crippen molar-refractivity contribution in [3.8, 4) is 0 Å². The Labute approximate surface area is 351 Å². The maximum absolute atomic E-state index is 15.3. The zero-order valence-electron chi connectivity index (χ0n) is 35.2. The lowest BCUT2D eigenvalue weighted by atomic mass is 9.84. The van der Waals surface area contributed by atoms with Gasteiger partial charge in [0.15, 0.2) is 0 Å². The van der Waals surface area contributed by atoms with Crippen molar-refractivity contribution in [1.82, 2.24) is 25.8 Å². The fourth-order valence-corrected chi connectivity index (χ4v) is 8.90. The Morgan fingerprint density at radius 3 is 2.14 bits per heavy atom. The van der Waals surface area contributed by atoms with Crippen molar-refractivity contribution in [2.24, 2.45) is 17.4 Å². The van der Waals surface area contributed by atoms with E-state index in [1.54, 1.807) is 7.05 Å². The van der Waals surface area contributed by atoms with Crippen LogP contribution in [0.3, 0.4) is 0 Å². The summed E-state index contributed by atoms with van der Waals surface area (Å²) >= 11 is 0. The molecule has 7 N–H and O–H groups in total. The number of hydrogen-bond donors (Lipinski definition) is 5. The van der Waals surface area contributed by atoms with Gasteiger partial charge < -0.3 is 32.3 Å². The molecule has 0 bridgehead atoms. The number of carbonyl (C=O) groups excluding carboxylic acids is 5. The van der Waals surface area contributed by atoms with E-state index >= 15 is 4.79 Å². The molecule has 6 atom stereocenters. The van der Waals surface area contributed by atoms with Gasteiger partial charge >= 0.3 is 0 Å². The summed E-state index contributed by atoms with van der Waals surface area (Å²) < 4.78 is 0. The van der Waals surface area contributed by atoms with Crippen molar-refractivity contribution in [2.75, 3.05) is 20.1 Å². The van der Waals surface area contributed by atoms with Gasteiger partial charge in [0.1, 0.15) is 18.1 Å². The average molecular weight is 810 g/mol. The number of likely N-dealkylation sites (N-methyl/N-ethyl adjacent to an activating group) is 1. The second kappa shape index (κ2) is 22.6. The highest BCUT2D eigenvalue weighted by Gasteiger charge is 2.46. The minimum Gasteiger partial charge on any atom is -0.345 e. The van der Waals surface area contributed by atoms with Crippen molar-refractivity contribution in [2.45, 2.75) is 139 Å². The van der Waals surface area contributed by atoms with E-state index in [0.29, 0.717) is 64.3 Å². The molecule has 0 spiro atoms. The van der Waals surface area contributed by atoms with Gasteiger partial charge in [-0.1, -0.05) is 124 Å². The Kier molecular flexibility index (Phi) is 17.4. The number of allylic oxidation sites excluding steroid dienone is 2. The zero-order chi connectivity index (χ0) is 42.2. The fourth-order valence-electron chi connectivity index (χ4n) is 8.90. The Hall–Kier alpha value is -4.65. The first-order chi connectivity index (χ1) is 28.6. The van der Waals surface area contributed by atoms with Gasteiger partial charge in [-0.3, -0.25) is 28.9 Å². The molecule has 12 nitrogen and oxygen atoms in total. The van der Waals surface area contributed by atoms with Gasteiger partial charge in [-0.05, 0) is 88.4 Å². The molecule has 5 amide bonds. The highest BCUT2D eigenvalue weighted by Crippen LogP contribution is 2.30. The van der Waals surface area contributed by atoms with Crippen molar-refractivity contribution in [3.05, 3.63) is 96.1 Å². The molecule has 2 aliphatic carbocycles. The average Bonchev–Trinajstić information content (AvgIpc) is 3.76. The van der Waals surface area contributed by atoms with Gasteiger partial charge in [-0.25, -0.2) is 0 Å². The molecule has 5 rings (SSSR count). The molecule has 2 aromatic carbocycles. The van der Waals surface area contributed by atoms with Crippen LogP contribution in [0.1, 0.15) is 102 Å². The molecule has 12 heteroatoms. The van der Waals surface area contributed by atoms with Gasteiger partial charge in [-0.15, -0.1) is 0 Å². The lowest BCUT2D eigenvalue weighted by molar-refractivity contribution is -0.158. The molecular formula is C47H67N7O5. The van der Waals surface area contributed by atoms with Crippen LogP contribution in [0.15, 0.2) is 85.0 Å². The van der Waals surface area contributed by atoms with Crippen LogP contribution < -0.4 is 27.4 Å². The molecule has 0 radical (unpaired) electrons. The normalized spacial score (nSPS) is 21.3. The molecule has 3 aliphatic rings. The Balaban J connectivity index is 1.47. The van der Waals surface area contributed by atoms with Gasteiger partial charge in [0.25, 0.3) is 5.91 Å². The van der Waals surface area contributed by atoms with Gasteiger partial charge in [0.2, 0.25) is 23.6 Å². The van der Waals surface area contributed by atoms with Gasteiger partial charge in [-0.2, -0.15) is 0 Å². The predicted molar refractivity (Wildman–Crippen MR) is 232 cm³/mol. The Morgan fingerprint density at radius 2 is 1.53 bits per heavy atom. The number of hydrogen-bond acceptors (Lipinski definition) is 8. The quantitative estimate of drug-likeness (QED) is 0.122.